The van der Waals surface area contributed by atoms with Gasteiger partial charge in [0.05, 0.1) is 0 Å². The molecule has 1 heteroatoms. The highest BCUT2D eigenvalue weighted by atomic mass is 14.9. The molecule has 0 spiro atoms. The van der Waals surface area contributed by atoms with Gasteiger partial charge in [-0.3, -0.25) is 0 Å². The van der Waals surface area contributed by atoms with Crippen LogP contribution in [0.25, 0.3) is 0 Å². The molecule has 0 saturated carbocycles. The van der Waals surface area contributed by atoms with E-state index in [-0.39, 0.29) is 1.43 Å². The van der Waals surface area contributed by atoms with E-state index < -0.39 is 0 Å². The molecule has 0 atom stereocenters. The maximum Gasteiger partial charge on any atom is 0.0296 e. The number of hydrogen-bond donors (Lipinski definition) is 1. The molecule has 1 rings (SSSR count). The van der Waals surface area contributed by atoms with Crippen LogP contribution in [-0.4, -0.2) is 6.54 Å². The van der Waals surface area contributed by atoms with E-state index in [1.165, 1.54) is 18.5 Å². The van der Waals surface area contributed by atoms with Crippen LogP contribution in [0.2, 0.25) is 0 Å². The van der Waals surface area contributed by atoms with Gasteiger partial charge in [0.25, 0.3) is 0 Å². The summed E-state index contributed by atoms with van der Waals surface area (Å²) in [5, 5.41) is 3.40. The Balaban J connectivity index is 0.00000121. The molecule has 11 heavy (non-hydrogen) atoms. The molecular formula is C10H19N. The summed E-state index contributed by atoms with van der Waals surface area (Å²) in [5.74, 6) is 0.728. The van der Waals surface area contributed by atoms with Crippen molar-refractivity contribution >= 4 is 0 Å². The summed E-state index contributed by atoms with van der Waals surface area (Å²) in [6, 6.07) is 0. The third-order valence-electron chi connectivity index (χ3n) is 1.71. The lowest BCUT2D eigenvalue weighted by atomic mass is 10.1. The Morgan fingerprint density at radius 2 is 2.36 bits per heavy atom. The second-order valence-corrected chi connectivity index (χ2v) is 3.41. The van der Waals surface area contributed by atoms with E-state index in [0.29, 0.717) is 0 Å². The molecule has 0 unspecified atom stereocenters. The molecule has 0 aromatic heterocycles. The molecule has 0 radical (unpaired) electrons. The average Bonchev–Trinajstić information content (AvgIpc) is 2.03. The topological polar surface area (TPSA) is 12.0 Å². The summed E-state index contributed by atoms with van der Waals surface area (Å²) >= 11 is 0. The zero-order chi connectivity index (χ0) is 8.10. The molecule has 0 aliphatic heterocycles. The molecule has 0 saturated heterocycles. The van der Waals surface area contributed by atoms with Gasteiger partial charge in [-0.05, 0) is 24.8 Å². The third-order valence-corrected chi connectivity index (χ3v) is 1.71. The Morgan fingerprint density at radius 1 is 1.55 bits per heavy atom. The van der Waals surface area contributed by atoms with Gasteiger partial charge in [0, 0.05) is 13.7 Å². The van der Waals surface area contributed by atoms with Crippen LogP contribution in [0.5, 0.6) is 0 Å². The third kappa shape index (κ3) is 3.26. The molecule has 0 bridgehead atoms. The van der Waals surface area contributed by atoms with Crippen molar-refractivity contribution in [2.75, 3.05) is 6.54 Å². The summed E-state index contributed by atoms with van der Waals surface area (Å²) in [7, 11) is 0. The van der Waals surface area contributed by atoms with Crippen molar-refractivity contribution < 1.29 is 1.43 Å². The quantitative estimate of drug-likeness (QED) is 0.657. The molecule has 1 nitrogen and oxygen atoms in total. The summed E-state index contributed by atoms with van der Waals surface area (Å²) in [6.07, 6.45) is 9.06. The minimum Gasteiger partial charge on any atom is -0.385 e. The second kappa shape index (κ2) is 4.22. The maximum absolute atomic E-state index is 3.40. The summed E-state index contributed by atoms with van der Waals surface area (Å²) in [5.41, 5.74) is 1.30. The molecule has 1 aliphatic carbocycles. The smallest absolute Gasteiger partial charge is 0.0296 e. The zero-order valence-electron chi connectivity index (χ0n) is 7.43. The molecule has 0 aromatic rings. The number of allylic oxidation sites excluding steroid dienone is 3. The van der Waals surface area contributed by atoms with Gasteiger partial charge in [-0.2, -0.15) is 0 Å². The van der Waals surface area contributed by atoms with Crippen LogP contribution in [-0.2, 0) is 0 Å². The minimum atomic E-state index is 0. The summed E-state index contributed by atoms with van der Waals surface area (Å²) in [6.45, 7) is 5.52. The van der Waals surface area contributed by atoms with Crippen LogP contribution < -0.4 is 5.32 Å². The first-order valence-corrected chi connectivity index (χ1v) is 4.39. The van der Waals surface area contributed by atoms with E-state index in [0.717, 1.165) is 12.5 Å². The zero-order valence-corrected chi connectivity index (χ0v) is 7.43. The van der Waals surface area contributed by atoms with Crippen LogP contribution >= 0.6 is 0 Å². The maximum atomic E-state index is 3.40. The normalized spacial score (nSPS) is 16.8. The summed E-state index contributed by atoms with van der Waals surface area (Å²) < 4.78 is 0. The van der Waals surface area contributed by atoms with Gasteiger partial charge in [-0.25, -0.2) is 0 Å². The van der Waals surface area contributed by atoms with Crippen LogP contribution in [0.15, 0.2) is 23.9 Å². The molecule has 0 aromatic carbocycles. The molecule has 0 amide bonds. The fourth-order valence-electron chi connectivity index (χ4n) is 1.07. The largest absolute Gasteiger partial charge is 0.385 e. The Hall–Kier alpha value is -0.720. The van der Waals surface area contributed by atoms with Crippen molar-refractivity contribution in [2.24, 2.45) is 5.92 Å². The van der Waals surface area contributed by atoms with Crippen molar-refractivity contribution in [1.82, 2.24) is 5.32 Å². The Kier molecular flexibility index (Phi) is 3.21. The number of nitrogens with one attached hydrogen (secondary N) is 1. The Morgan fingerprint density at radius 3 is 2.91 bits per heavy atom. The van der Waals surface area contributed by atoms with Gasteiger partial charge in [-0.1, -0.05) is 26.0 Å². The molecule has 64 valence electrons. The van der Waals surface area contributed by atoms with Crippen molar-refractivity contribution in [3.05, 3.63) is 23.9 Å². The standard InChI is InChI=1S/C10H17N.H2/c1-9(2)8-11-10-6-4-3-5-7-10;/h4,6-7,9,11H,3,5,8H2,1-2H3;1H. The molecule has 0 heterocycles. The van der Waals surface area contributed by atoms with Crippen molar-refractivity contribution in [2.45, 2.75) is 26.7 Å². The molecule has 1 N–H and O–H groups in total. The monoisotopic (exact) mass is 153 g/mol. The van der Waals surface area contributed by atoms with E-state index in [2.05, 4.69) is 37.4 Å². The lowest BCUT2D eigenvalue weighted by Crippen LogP contribution is -2.18. The first kappa shape index (κ1) is 8.38. The van der Waals surface area contributed by atoms with Gasteiger partial charge < -0.3 is 5.32 Å². The van der Waals surface area contributed by atoms with Gasteiger partial charge in [-0.15, -0.1) is 0 Å². The lowest BCUT2D eigenvalue weighted by molar-refractivity contribution is 0.599. The van der Waals surface area contributed by atoms with E-state index in [9.17, 15) is 0 Å². The average molecular weight is 153 g/mol. The minimum absolute atomic E-state index is 0. The van der Waals surface area contributed by atoms with Crippen LogP contribution in [0, 0.1) is 5.92 Å². The predicted octanol–water partition coefficient (Wildman–Crippen LogP) is 2.71. The van der Waals surface area contributed by atoms with Gasteiger partial charge >= 0.3 is 0 Å². The first-order chi connectivity index (χ1) is 5.29. The van der Waals surface area contributed by atoms with Crippen molar-refractivity contribution in [3.63, 3.8) is 0 Å². The van der Waals surface area contributed by atoms with E-state index in [4.69, 9.17) is 0 Å². The van der Waals surface area contributed by atoms with E-state index >= 15 is 0 Å². The number of rotatable bonds is 3. The van der Waals surface area contributed by atoms with Crippen molar-refractivity contribution in [1.29, 1.82) is 0 Å². The highest BCUT2D eigenvalue weighted by molar-refractivity contribution is 5.20. The van der Waals surface area contributed by atoms with Gasteiger partial charge in [0.1, 0.15) is 0 Å². The van der Waals surface area contributed by atoms with Crippen LogP contribution in [0.3, 0.4) is 0 Å². The van der Waals surface area contributed by atoms with Gasteiger partial charge in [0.2, 0.25) is 0 Å². The number of hydrogen-bond acceptors (Lipinski definition) is 1. The highest BCUT2D eigenvalue weighted by Gasteiger charge is 1.97. The van der Waals surface area contributed by atoms with E-state index in [1.807, 2.05) is 0 Å². The first-order valence-electron chi connectivity index (χ1n) is 4.39. The van der Waals surface area contributed by atoms with Crippen LogP contribution in [0.1, 0.15) is 28.1 Å². The fourth-order valence-corrected chi connectivity index (χ4v) is 1.07. The second-order valence-electron chi connectivity index (χ2n) is 3.41. The predicted molar refractivity (Wildman–Crippen MR) is 51.4 cm³/mol. The summed E-state index contributed by atoms with van der Waals surface area (Å²) in [4.78, 5) is 0. The van der Waals surface area contributed by atoms with Crippen molar-refractivity contribution in [3.8, 4) is 0 Å². The molecule has 1 aliphatic rings. The van der Waals surface area contributed by atoms with E-state index in [1.54, 1.807) is 0 Å². The highest BCUT2D eigenvalue weighted by Crippen LogP contribution is 2.06. The lowest BCUT2D eigenvalue weighted by Gasteiger charge is -2.11. The molecular weight excluding hydrogens is 134 g/mol. The van der Waals surface area contributed by atoms with Gasteiger partial charge in [0.15, 0.2) is 0 Å². The SMILES string of the molecule is CC(C)CNC1=CCCC=C1.[HH]. The molecule has 0 fully saturated rings. The Labute approximate surface area is 70.7 Å². The van der Waals surface area contributed by atoms with Crippen LogP contribution in [0.4, 0.5) is 0 Å². The fraction of sp³-hybridized carbons (Fsp3) is 0.600. The Bertz CT molecular complexity index is 171.